The van der Waals surface area contributed by atoms with Crippen LogP contribution in [0, 0.1) is 0 Å². The van der Waals surface area contributed by atoms with Crippen molar-refractivity contribution in [2.45, 2.75) is 6.54 Å². The molecule has 0 atom stereocenters. The molecule has 0 saturated heterocycles. The van der Waals surface area contributed by atoms with E-state index >= 15 is 0 Å². The number of carbonyl (C=O) groups is 1. The number of amides is 1. The Morgan fingerprint density at radius 2 is 1.65 bits per heavy atom. The Morgan fingerprint density at radius 1 is 0.962 bits per heavy atom. The lowest BCUT2D eigenvalue weighted by molar-refractivity contribution is 0.0949. The summed E-state index contributed by atoms with van der Waals surface area (Å²) in [7, 11) is 0. The zero-order valence-corrected chi connectivity index (χ0v) is 13.9. The van der Waals surface area contributed by atoms with Crippen LogP contribution in [0.5, 0.6) is 0 Å². The van der Waals surface area contributed by atoms with Crippen LogP contribution in [0.25, 0.3) is 11.4 Å². The topological polar surface area (TPSA) is 77.6 Å². The van der Waals surface area contributed by atoms with Gasteiger partial charge in [0.25, 0.3) is 5.91 Å². The minimum atomic E-state index is -0.213. The fraction of sp³-hybridized carbons (Fsp3) is 0.0526. The largest absolute Gasteiger partial charge is 0.345 e. The molecule has 4 aromatic rings. The average molecular weight is 344 g/mol. The van der Waals surface area contributed by atoms with Crippen molar-refractivity contribution in [3.8, 4) is 11.4 Å². The highest BCUT2D eigenvalue weighted by Crippen LogP contribution is 2.10. The van der Waals surface area contributed by atoms with Gasteiger partial charge in [-0.15, -0.1) is 10.2 Å². The number of aromatic nitrogens is 5. The molecule has 26 heavy (non-hydrogen) atoms. The second-order valence-corrected chi connectivity index (χ2v) is 5.64. The third kappa shape index (κ3) is 3.23. The number of nitrogens with one attached hydrogen (secondary N) is 1. The number of carbonyl (C=O) groups excluding carboxylic acids is 1. The molecule has 0 unspecified atom stereocenters. The van der Waals surface area contributed by atoms with E-state index in [1.54, 1.807) is 23.4 Å². The van der Waals surface area contributed by atoms with E-state index in [-0.39, 0.29) is 12.5 Å². The summed E-state index contributed by atoms with van der Waals surface area (Å²) in [6.45, 7) is 0.268. The smallest absolute Gasteiger partial charge is 0.254 e. The van der Waals surface area contributed by atoms with E-state index in [1.807, 2.05) is 65.2 Å². The van der Waals surface area contributed by atoms with Crippen molar-refractivity contribution >= 4 is 5.91 Å². The van der Waals surface area contributed by atoms with Crippen LogP contribution in [0.4, 0.5) is 0 Å². The minimum absolute atomic E-state index is 0.213. The van der Waals surface area contributed by atoms with Gasteiger partial charge < -0.3 is 5.32 Å². The van der Waals surface area contributed by atoms with Crippen LogP contribution in [0.3, 0.4) is 0 Å². The molecular formula is C19H16N6O. The van der Waals surface area contributed by atoms with Gasteiger partial charge in [-0.2, -0.15) is 5.10 Å². The Labute approximate surface area is 149 Å². The van der Waals surface area contributed by atoms with Gasteiger partial charge in [0.2, 0.25) is 0 Å². The molecule has 2 aromatic heterocycles. The van der Waals surface area contributed by atoms with E-state index in [0.29, 0.717) is 11.4 Å². The van der Waals surface area contributed by atoms with Crippen molar-refractivity contribution in [1.82, 2.24) is 29.9 Å². The van der Waals surface area contributed by atoms with E-state index < -0.39 is 0 Å². The molecule has 1 amide bonds. The lowest BCUT2D eigenvalue weighted by Gasteiger charge is -2.07. The second kappa shape index (κ2) is 7.02. The Bertz CT molecular complexity index is 1010. The summed E-state index contributed by atoms with van der Waals surface area (Å²) in [4.78, 5) is 12.4. The second-order valence-electron chi connectivity index (χ2n) is 5.64. The molecule has 1 N–H and O–H groups in total. The first-order valence-electron chi connectivity index (χ1n) is 8.14. The molecule has 7 heteroatoms. The summed E-state index contributed by atoms with van der Waals surface area (Å²) in [6, 6.07) is 19.4. The summed E-state index contributed by atoms with van der Waals surface area (Å²) >= 11 is 0. The molecule has 0 aliphatic carbocycles. The normalized spacial score (nSPS) is 10.6. The highest BCUT2D eigenvalue weighted by Gasteiger charge is 2.12. The molecule has 128 valence electrons. The van der Waals surface area contributed by atoms with Crippen LogP contribution in [0.1, 0.15) is 16.2 Å². The lowest BCUT2D eigenvalue weighted by atomic mass is 10.3. The van der Waals surface area contributed by atoms with E-state index in [2.05, 4.69) is 20.6 Å². The Kier molecular flexibility index (Phi) is 4.26. The Morgan fingerprint density at radius 3 is 2.38 bits per heavy atom. The summed E-state index contributed by atoms with van der Waals surface area (Å²) in [5.74, 6) is 0.440. The summed E-state index contributed by atoms with van der Waals surface area (Å²) in [6.07, 6.45) is 4.88. The fourth-order valence-electron chi connectivity index (χ4n) is 2.61. The number of para-hydroxylation sites is 2. The van der Waals surface area contributed by atoms with Crippen molar-refractivity contribution in [2.24, 2.45) is 0 Å². The van der Waals surface area contributed by atoms with E-state index in [0.717, 1.165) is 11.4 Å². The molecule has 0 fully saturated rings. The minimum Gasteiger partial charge on any atom is -0.345 e. The zero-order chi connectivity index (χ0) is 17.8. The van der Waals surface area contributed by atoms with Crippen LogP contribution < -0.4 is 5.32 Å². The molecule has 0 aliphatic rings. The van der Waals surface area contributed by atoms with E-state index in [9.17, 15) is 4.79 Å². The lowest BCUT2D eigenvalue weighted by Crippen LogP contribution is -2.24. The monoisotopic (exact) mass is 344 g/mol. The average Bonchev–Trinajstić information content (AvgIpc) is 3.37. The molecule has 7 nitrogen and oxygen atoms in total. The van der Waals surface area contributed by atoms with E-state index in [4.69, 9.17) is 0 Å². The Hall–Kier alpha value is -3.74. The molecule has 0 spiro atoms. The molecule has 0 aliphatic heterocycles. The third-order valence-corrected chi connectivity index (χ3v) is 3.93. The fourth-order valence-corrected chi connectivity index (χ4v) is 2.61. The molecular weight excluding hydrogens is 328 g/mol. The summed E-state index contributed by atoms with van der Waals surface area (Å²) in [5, 5.41) is 15.1. The van der Waals surface area contributed by atoms with Gasteiger partial charge in [0.1, 0.15) is 6.33 Å². The van der Waals surface area contributed by atoms with Crippen molar-refractivity contribution in [3.63, 3.8) is 0 Å². The number of hydrogen-bond donors (Lipinski definition) is 1. The van der Waals surface area contributed by atoms with Crippen molar-refractivity contribution in [2.75, 3.05) is 0 Å². The van der Waals surface area contributed by atoms with Gasteiger partial charge in [-0.05, 0) is 24.3 Å². The molecule has 0 saturated carbocycles. The van der Waals surface area contributed by atoms with Gasteiger partial charge in [-0.25, -0.2) is 4.68 Å². The molecule has 2 heterocycles. The van der Waals surface area contributed by atoms with Crippen LogP contribution in [0.15, 0.2) is 79.4 Å². The first-order valence-corrected chi connectivity index (χ1v) is 8.14. The van der Waals surface area contributed by atoms with Gasteiger partial charge in [-0.1, -0.05) is 36.4 Å². The van der Waals surface area contributed by atoms with Crippen molar-refractivity contribution < 1.29 is 4.79 Å². The van der Waals surface area contributed by atoms with Gasteiger partial charge in [0.15, 0.2) is 5.82 Å². The van der Waals surface area contributed by atoms with Crippen molar-refractivity contribution in [1.29, 1.82) is 0 Å². The maximum atomic E-state index is 12.4. The van der Waals surface area contributed by atoms with Crippen molar-refractivity contribution in [3.05, 3.63) is 90.8 Å². The first-order chi connectivity index (χ1) is 12.8. The number of hydrogen-bond acceptors (Lipinski definition) is 4. The van der Waals surface area contributed by atoms with Gasteiger partial charge in [-0.3, -0.25) is 9.36 Å². The maximum Gasteiger partial charge on any atom is 0.254 e. The van der Waals surface area contributed by atoms with Crippen LogP contribution >= 0.6 is 0 Å². The molecule has 0 bridgehead atoms. The van der Waals surface area contributed by atoms with Crippen LogP contribution in [-0.2, 0) is 6.54 Å². The summed E-state index contributed by atoms with van der Waals surface area (Å²) in [5.41, 5.74) is 2.33. The standard InChI is InChI=1S/C19H16N6O/c26-19(15-11-22-25(13-15)17-9-5-2-6-10-17)20-12-18-23-21-14-24(18)16-7-3-1-4-8-16/h1-11,13-14H,12H2,(H,20,26). The zero-order valence-electron chi connectivity index (χ0n) is 13.9. The highest BCUT2D eigenvalue weighted by atomic mass is 16.1. The molecule has 0 radical (unpaired) electrons. The Balaban J connectivity index is 1.46. The summed E-state index contributed by atoms with van der Waals surface area (Å²) < 4.78 is 3.51. The molecule has 4 rings (SSSR count). The third-order valence-electron chi connectivity index (χ3n) is 3.93. The number of rotatable bonds is 5. The van der Waals surface area contributed by atoms with Crippen LogP contribution in [-0.4, -0.2) is 30.5 Å². The SMILES string of the molecule is O=C(NCc1nncn1-c1ccccc1)c1cnn(-c2ccccc2)c1. The van der Waals surface area contributed by atoms with Crippen LogP contribution in [0.2, 0.25) is 0 Å². The maximum absolute atomic E-state index is 12.4. The first kappa shape index (κ1) is 15.8. The predicted octanol–water partition coefficient (Wildman–Crippen LogP) is 2.38. The number of nitrogens with zero attached hydrogens (tertiary/aromatic N) is 5. The highest BCUT2D eigenvalue weighted by molar-refractivity contribution is 5.93. The van der Waals surface area contributed by atoms with Gasteiger partial charge in [0, 0.05) is 11.9 Å². The molecule has 2 aromatic carbocycles. The number of benzene rings is 2. The van der Waals surface area contributed by atoms with Gasteiger partial charge >= 0.3 is 0 Å². The quantitative estimate of drug-likeness (QED) is 0.603. The van der Waals surface area contributed by atoms with Gasteiger partial charge in [0.05, 0.1) is 24.0 Å². The van der Waals surface area contributed by atoms with E-state index in [1.165, 1.54) is 0 Å². The predicted molar refractivity (Wildman–Crippen MR) is 96.1 cm³/mol.